The number of nitrogens with zero attached hydrogens (tertiary/aromatic N) is 2. The Morgan fingerprint density at radius 2 is 1.79 bits per heavy atom. The Morgan fingerprint density at radius 3 is 2.50 bits per heavy atom. The Bertz CT molecular complexity index is 806. The van der Waals surface area contributed by atoms with E-state index in [0.717, 1.165) is 56.9 Å². The molecule has 1 saturated carbocycles. The van der Waals surface area contributed by atoms with Crippen LogP contribution in [0.25, 0.3) is 0 Å². The molecule has 1 heterocycles. The van der Waals surface area contributed by atoms with Crippen LogP contribution in [0.5, 0.6) is 5.75 Å². The SMILES string of the molecule is COc1ccc(CN2CCCN(C(=O)C3CC3c3ccc(F)cc3)CC2)cc1. The van der Waals surface area contributed by atoms with Crippen LogP contribution in [-0.4, -0.2) is 49.0 Å². The first-order valence-electron chi connectivity index (χ1n) is 10.0. The van der Waals surface area contributed by atoms with E-state index < -0.39 is 0 Å². The maximum absolute atomic E-state index is 13.1. The molecule has 28 heavy (non-hydrogen) atoms. The number of rotatable bonds is 5. The highest BCUT2D eigenvalue weighted by Crippen LogP contribution is 2.48. The molecule has 2 aromatic rings. The lowest BCUT2D eigenvalue weighted by atomic mass is 10.1. The van der Waals surface area contributed by atoms with E-state index in [1.54, 1.807) is 7.11 Å². The zero-order valence-corrected chi connectivity index (χ0v) is 16.3. The number of amides is 1. The quantitative estimate of drug-likeness (QED) is 0.791. The summed E-state index contributed by atoms with van der Waals surface area (Å²) in [6, 6.07) is 14.8. The topological polar surface area (TPSA) is 32.8 Å². The van der Waals surface area contributed by atoms with Gasteiger partial charge in [0, 0.05) is 38.6 Å². The predicted molar refractivity (Wildman–Crippen MR) is 107 cm³/mol. The van der Waals surface area contributed by atoms with Crippen LogP contribution in [0.1, 0.15) is 29.9 Å². The predicted octanol–water partition coefficient (Wildman–Crippen LogP) is 3.67. The average molecular weight is 382 g/mol. The van der Waals surface area contributed by atoms with E-state index in [4.69, 9.17) is 4.74 Å². The minimum atomic E-state index is -0.225. The van der Waals surface area contributed by atoms with E-state index in [2.05, 4.69) is 17.0 Å². The maximum Gasteiger partial charge on any atom is 0.226 e. The van der Waals surface area contributed by atoms with Crippen LogP contribution in [0.4, 0.5) is 4.39 Å². The van der Waals surface area contributed by atoms with Crippen LogP contribution < -0.4 is 4.74 Å². The third-order valence-corrected chi connectivity index (χ3v) is 5.87. The molecule has 2 fully saturated rings. The van der Waals surface area contributed by atoms with Gasteiger partial charge < -0.3 is 9.64 Å². The van der Waals surface area contributed by atoms with Crippen molar-refractivity contribution in [2.24, 2.45) is 5.92 Å². The van der Waals surface area contributed by atoms with Gasteiger partial charge in [-0.1, -0.05) is 24.3 Å². The van der Waals surface area contributed by atoms with Crippen LogP contribution in [-0.2, 0) is 11.3 Å². The Balaban J connectivity index is 1.30. The summed E-state index contributed by atoms with van der Waals surface area (Å²) in [5, 5.41) is 0. The summed E-state index contributed by atoms with van der Waals surface area (Å²) in [6.45, 7) is 4.40. The first kappa shape index (κ1) is 18.9. The van der Waals surface area contributed by atoms with Gasteiger partial charge in [-0.15, -0.1) is 0 Å². The van der Waals surface area contributed by atoms with Gasteiger partial charge in [0.1, 0.15) is 11.6 Å². The summed E-state index contributed by atoms with van der Waals surface area (Å²) in [6.07, 6.45) is 1.88. The van der Waals surface area contributed by atoms with E-state index in [9.17, 15) is 9.18 Å². The molecule has 5 heteroatoms. The van der Waals surface area contributed by atoms with Crippen LogP contribution in [0.3, 0.4) is 0 Å². The van der Waals surface area contributed by atoms with Crippen LogP contribution in [0.2, 0.25) is 0 Å². The second kappa shape index (κ2) is 8.31. The Kier molecular flexibility index (Phi) is 5.62. The van der Waals surface area contributed by atoms with Crippen molar-refractivity contribution < 1.29 is 13.9 Å². The number of carbonyl (C=O) groups is 1. The summed E-state index contributed by atoms with van der Waals surface area (Å²) < 4.78 is 18.3. The first-order valence-corrected chi connectivity index (χ1v) is 10.0. The van der Waals surface area contributed by atoms with Crippen molar-refractivity contribution >= 4 is 5.91 Å². The number of ether oxygens (including phenoxy) is 1. The van der Waals surface area contributed by atoms with Gasteiger partial charge in [0.2, 0.25) is 5.91 Å². The normalized spacial score (nSPS) is 22.6. The molecule has 1 amide bonds. The van der Waals surface area contributed by atoms with Crippen molar-refractivity contribution in [2.75, 3.05) is 33.3 Å². The monoisotopic (exact) mass is 382 g/mol. The van der Waals surface area contributed by atoms with Gasteiger partial charge in [-0.3, -0.25) is 9.69 Å². The highest BCUT2D eigenvalue weighted by Gasteiger charge is 2.45. The van der Waals surface area contributed by atoms with Gasteiger partial charge in [-0.2, -0.15) is 0 Å². The molecule has 0 radical (unpaired) electrons. The largest absolute Gasteiger partial charge is 0.497 e. The van der Waals surface area contributed by atoms with E-state index in [1.165, 1.54) is 17.7 Å². The highest BCUT2D eigenvalue weighted by atomic mass is 19.1. The van der Waals surface area contributed by atoms with Gasteiger partial charge in [0.05, 0.1) is 7.11 Å². The lowest BCUT2D eigenvalue weighted by Gasteiger charge is -2.22. The molecule has 1 aliphatic heterocycles. The lowest BCUT2D eigenvalue weighted by Crippen LogP contribution is -2.36. The van der Waals surface area contributed by atoms with Crippen molar-refractivity contribution in [3.05, 3.63) is 65.5 Å². The fraction of sp³-hybridized carbons (Fsp3) is 0.435. The molecule has 0 N–H and O–H groups in total. The molecule has 2 aliphatic rings. The number of benzene rings is 2. The molecule has 4 rings (SSSR count). The number of hydrogen-bond acceptors (Lipinski definition) is 3. The Hall–Kier alpha value is -2.40. The number of carbonyl (C=O) groups excluding carboxylic acids is 1. The van der Waals surface area contributed by atoms with Crippen molar-refractivity contribution in [3.63, 3.8) is 0 Å². The summed E-state index contributed by atoms with van der Waals surface area (Å²) in [7, 11) is 1.68. The smallest absolute Gasteiger partial charge is 0.226 e. The fourth-order valence-electron chi connectivity index (χ4n) is 4.12. The van der Waals surface area contributed by atoms with Crippen molar-refractivity contribution in [2.45, 2.75) is 25.3 Å². The molecule has 1 saturated heterocycles. The molecule has 1 aliphatic carbocycles. The third kappa shape index (κ3) is 4.36. The fourth-order valence-corrected chi connectivity index (χ4v) is 4.12. The average Bonchev–Trinajstić information content (AvgIpc) is 3.53. The van der Waals surface area contributed by atoms with E-state index in [1.807, 2.05) is 29.2 Å². The number of methoxy groups -OCH3 is 1. The minimum absolute atomic E-state index is 0.0681. The van der Waals surface area contributed by atoms with Crippen LogP contribution >= 0.6 is 0 Å². The molecule has 2 atom stereocenters. The van der Waals surface area contributed by atoms with Gasteiger partial charge in [0.25, 0.3) is 0 Å². The number of halogens is 1. The summed E-state index contributed by atoms with van der Waals surface area (Å²) in [5.41, 5.74) is 2.34. The second-order valence-electron chi connectivity index (χ2n) is 7.80. The van der Waals surface area contributed by atoms with Crippen LogP contribution in [0, 0.1) is 11.7 Å². The zero-order chi connectivity index (χ0) is 19.5. The van der Waals surface area contributed by atoms with Gasteiger partial charge >= 0.3 is 0 Å². The maximum atomic E-state index is 13.1. The molecule has 2 aromatic carbocycles. The summed E-state index contributed by atoms with van der Waals surface area (Å²) in [5.74, 6) is 1.24. The van der Waals surface area contributed by atoms with E-state index in [0.29, 0.717) is 0 Å². The molecule has 0 aromatic heterocycles. The minimum Gasteiger partial charge on any atom is -0.497 e. The molecule has 2 unspecified atom stereocenters. The summed E-state index contributed by atoms with van der Waals surface area (Å²) in [4.78, 5) is 17.4. The first-order chi connectivity index (χ1) is 13.6. The third-order valence-electron chi connectivity index (χ3n) is 5.87. The highest BCUT2D eigenvalue weighted by molar-refractivity contribution is 5.83. The van der Waals surface area contributed by atoms with Crippen molar-refractivity contribution in [1.29, 1.82) is 0 Å². The standard InChI is InChI=1S/C23H27FN2O2/c1-28-20-9-3-17(4-10-20)16-25-11-2-12-26(14-13-25)23(27)22-15-21(22)18-5-7-19(24)8-6-18/h3-10,21-22H,2,11-16H2,1H3. The molecule has 4 nitrogen and oxygen atoms in total. The molecule has 148 valence electrons. The molecular weight excluding hydrogens is 355 g/mol. The Morgan fingerprint density at radius 1 is 1.04 bits per heavy atom. The zero-order valence-electron chi connectivity index (χ0n) is 16.3. The second-order valence-corrected chi connectivity index (χ2v) is 7.80. The molecule has 0 bridgehead atoms. The lowest BCUT2D eigenvalue weighted by molar-refractivity contribution is -0.132. The van der Waals surface area contributed by atoms with Crippen molar-refractivity contribution in [3.8, 4) is 5.75 Å². The van der Waals surface area contributed by atoms with E-state index >= 15 is 0 Å². The van der Waals surface area contributed by atoms with Gasteiger partial charge in [-0.05, 0) is 54.2 Å². The Labute approximate surface area is 165 Å². The molecule has 0 spiro atoms. The molecular formula is C23H27FN2O2. The van der Waals surface area contributed by atoms with Gasteiger partial charge in [0.15, 0.2) is 0 Å². The van der Waals surface area contributed by atoms with Crippen LogP contribution in [0.15, 0.2) is 48.5 Å². The van der Waals surface area contributed by atoms with Crippen molar-refractivity contribution in [1.82, 2.24) is 9.80 Å². The number of hydrogen-bond donors (Lipinski definition) is 0. The van der Waals surface area contributed by atoms with Gasteiger partial charge in [-0.25, -0.2) is 4.39 Å². The van der Waals surface area contributed by atoms with E-state index in [-0.39, 0.29) is 23.6 Å². The summed E-state index contributed by atoms with van der Waals surface area (Å²) >= 11 is 0.